The fraction of sp³-hybridized carbons (Fsp3) is 0.188. The lowest BCUT2D eigenvalue weighted by Gasteiger charge is -2.02. The summed E-state index contributed by atoms with van der Waals surface area (Å²) in [5.74, 6) is 0. The highest BCUT2D eigenvalue weighted by molar-refractivity contribution is 5.83. The van der Waals surface area contributed by atoms with Gasteiger partial charge in [0.05, 0.1) is 13.1 Å². The van der Waals surface area contributed by atoms with Crippen LogP contribution in [0, 0.1) is 0 Å². The largest absolute Gasteiger partial charge is 0.244 e. The van der Waals surface area contributed by atoms with Crippen LogP contribution in [0.2, 0.25) is 0 Å². The Morgan fingerprint density at radius 2 is 0.944 bits per heavy atom. The van der Waals surface area contributed by atoms with E-state index in [2.05, 4.69) is 141 Å². The zero-order valence-corrected chi connectivity index (χ0v) is 20.6. The molecule has 2 aromatic heterocycles. The molecular weight excluding hydrogens is 440 g/mol. The zero-order valence-electron chi connectivity index (χ0n) is 20.6. The van der Waals surface area contributed by atoms with Gasteiger partial charge in [0.1, 0.15) is 37.9 Å². The summed E-state index contributed by atoms with van der Waals surface area (Å²) in [5.41, 5.74) is 2.67. The summed E-state index contributed by atoms with van der Waals surface area (Å²) in [6, 6.07) is 30.6. The molecule has 0 atom stereocenters. The van der Waals surface area contributed by atoms with Crippen molar-refractivity contribution in [2.24, 2.45) is 0 Å². The van der Waals surface area contributed by atoms with Gasteiger partial charge in [-0.15, -0.1) is 0 Å². The molecule has 2 heterocycles. The molecule has 0 aliphatic heterocycles. The van der Waals surface area contributed by atoms with Crippen LogP contribution in [0.25, 0.3) is 21.5 Å². The molecule has 0 fully saturated rings. The van der Waals surface area contributed by atoms with E-state index in [9.17, 15) is 0 Å². The normalized spacial score (nSPS) is 11.4. The highest BCUT2D eigenvalue weighted by atomic mass is 15.1. The van der Waals surface area contributed by atoms with Crippen molar-refractivity contribution in [1.82, 2.24) is 9.13 Å². The number of imidazole rings is 2. The quantitative estimate of drug-likeness (QED) is 0.188. The molecule has 4 nitrogen and oxygen atoms in total. The molecule has 0 radical (unpaired) electrons. The standard InChI is InChI=1S/C32H32N4/c1-3-9-31-21-27(11-13-29(31)7-1)23-35-19-17-33(25-35)15-5-6-16-34-18-20-36(26-34)24-28-12-14-30-8-2-4-10-32(30)22-28/h1-4,7-14,17-22,25-26H,5-6,15-16,23-24H2/q+2. The SMILES string of the molecule is c1ccc2cc(C[n+]3ccn(CCCCn4cc[n+](Cc5ccc6ccccc6c5)c4)c3)ccc2c1. The predicted octanol–water partition coefficient (Wildman–Crippen LogP) is 5.75. The van der Waals surface area contributed by atoms with E-state index < -0.39 is 0 Å². The summed E-state index contributed by atoms with van der Waals surface area (Å²) in [5, 5.41) is 5.20. The molecule has 4 heteroatoms. The lowest BCUT2D eigenvalue weighted by Crippen LogP contribution is -2.31. The Hall–Kier alpha value is -4.18. The third-order valence-electron chi connectivity index (χ3n) is 6.93. The van der Waals surface area contributed by atoms with Crippen LogP contribution < -0.4 is 9.13 Å². The Morgan fingerprint density at radius 3 is 1.42 bits per heavy atom. The first kappa shape index (κ1) is 22.3. The number of nitrogens with zero attached hydrogens (tertiary/aromatic N) is 4. The topological polar surface area (TPSA) is 17.6 Å². The first-order chi connectivity index (χ1) is 17.8. The van der Waals surface area contributed by atoms with E-state index in [0.29, 0.717) is 0 Å². The van der Waals surface area contributed by atoms with Crippen molar-refractivity contribution < 1.29 is 9.13 Å². The van der Waals surface area contributed by atoms with Crippen LogP contribution in [0.5, 0.6) is 0 Å². The van der Waals surface area contributed by atoms with Crippen LogP contribution in [-0.2, 0) is 26.2 Å². The minimum atomic E-state index is 0.901. The molecule has 6 rings (SSSR count). The maximum absolute atomic E-state index is 2.30. The van der Waals surface area contributed by atoms with Gasteiger partial charge in [-0.3, -0.25) is 0 Å². The van der Waals surface area contributed by atoms with Crippen LogP contribution in [0.1, 0.15) is 24.0 Å². The minimum Gasteiger partial charge on any atom is -0.237 e. The molecule has 0 aliphatic carbocycles. The third-order valence-corrected chi connectivity index (χ3v) is 6.93. The van der Waals surface area contributed by atoms with Crippen LogP contribution in [-0.4, -0.2) is 9.13 Å². The van der Waals surface area contributed by atoms with Gasteiger partial charge in [0.15, 0.2) is 0 Å². The third kappa shape index (κ3) is 5.23. The smallest absolute Gasteiger partial charge is 0.237 e. The van der Waals surface area contributed by atoms with Gasteiger partial charge in [0.25, 0.3) is 0 Å². The number of aryl methyl sites for hydroxylation is 2. The second-order valence-corrected chi connectivity index (χ2v) is 9.72. The van der Waals surface area contributed by atoms with Gasteiger partial charge in [0.2, 0.25) is 12.7 Å². The van der Waals surface area contributed by atoms with E-state index in [0.717, 1.165) is 39.0 Å². The summed E-state index contributed by atoms with van der Waals surface area (Å²) in [7, 11) is 0. The van der Waals surface area contributed by atoms with Crippen molar-refractivity contribution in [2.45, 2.75) is 39.0 Å². The number of aromatic nitrogens is 4. The molecule has 178 valence electrons. The average molecular weight is 473 g/mol. The summed E-state index contributed by atoms with van der Waals surface area (Å²) < 4.78 is 9.14. The Labute approximate surface area is 212 Å². The molecule has 0 bridgehead atoms. The molecular formula is C32H32N4+2. The zero-order chi connectivity index (χ0) is 24.2. The Kier molecular flexibility index (Phi) is 6.32. The molecule has 4 aromatic carbocycles. The van der Waals surface area contributed by atoms with Gasteiger partial charge >= 0.3 is 0 Å². The maximum Gasteiger partial charge on any atom is 0.244 e. The first-order valence-electron chi connectivity index (χ1n) is 12.8. The first-order valence-corrected chi connectivity index (χ1v) is 12.8. The number of fused-ring (bicyclic) bond motifs is 2. The second kappa shape index (κ2) is 10.2. The Bertz CT molecular complexity index is 1490. The number of benzene rings is 4. The lowest BCUT2D eigenvalue weighted by atomic mass is 10.1. The van der Waals surface area contributed by atoms with E-state index >= 15 is 0 Å². The van der Waals surface area contributed by atoms with Gasteiger partial charge < -0.3 is 0 Å². The van der Waals surface area contributed by atoms with Crippen LogP contribution >= 0.6 is 0 Å². The Morgan fingerprint density at radius 1 is 0.500 bits per heavy atom. The van der Waals surface area contributed by atoms with Crippen molar-refractivity contribution in [1.29, 1.82) is 0 Å². The highest BCUT2D eigenvalue weighted by Gasteiger charge is 2.08. The van der Waals surface area contributed by atoms with Crippen molar-refractivity contribution >= 4 is 21.5 Å². The number of hydrogen-bond acceptors (Lipinski definition) is 0. The van der Waals surface area contributed by atoms with Crippen LogP contribution in [0.15, 0.2) is 122 Å². The van der Waals surface area contributed by atoms with E-state index in [-0.39, 0.29) is 0 Å². The second-order valence-electron chi connectivity index (χ2n) is 9.72. The van der Waals surface area contributed by atoms with Gasteiger partial charge in [-0.25, -0.2) is 18.3 Å². The molecule has 0 unspecified atom stereocenters. The van der Waals surface area contributed by atoms with Gasteiger partial charge in [-0.2, -0.15) is 0 Å². The van der Waals surface area contributed by atoms with Crippen molar-refractivity contribution in [3.63, 3.8) is 0 Å². The van der Waals surface area contributed by atoms with E-state index in [1.54, 1.807) is 0 Å². The van der Waals surface area contributed by atoms with Crippen LogP contribution in [0.4, 0.5) is 0 Å². The minimum absolute atomic E-state index is 0.901. The van der Waals surface area contributed by atoms with Crippen LogP contribution in [0.3, 0.4) is 0 Å². The van der Waals surface area contributed by atoms with E-state index in [1.165, 1.54) is 32.7 Å². The number of rotatable bonds is 9. The van der Waals surface area contributed by atoms with Crippen molar-refractivity contribution in [3.8, 4) is 0 Å². The summed E-state index contributed by atoms with van der Waals surface area (Å²) in [6.07, 6.45) is 15.5. The van der Waals surface area contributed by atoms with Crippen molar-refractivity contribution in [2.75, 3.05) is 0 Å². The fourth-order valence-corrected chi connectivity index (χ4v) is 5.01. The number of unbranched alkanes of at least 4 members (excludes halogenated alkanes) is 1. The van der Waals surface area contributed by atoms with Crippen molar-refractivity contribution in [3.05, 3.63) is 133 Å². The van der Waals surface area contributed by atoms with Gasteiger partial charge in [0, 0.05) is 0 Å². The van der Waals surface area contributed by atoms with Gasteiger partial charge in [-0.05, 0) is 57.6 Å². The van der Waals surface area contributed by atoms with Gasteiger partial charge in [-0.1, -0.05) is 72.8 Å². The molecule has 0 amide bonds. The fourth-order valence-electron chi connectivity index (χ4n) is 5.01. The molecule has 0 aliphatic rings. The monoisotopic (exact) mass is 472 g/mol. The molecule has 0 saturated carbocycles. The maximum atomic E-state index is 2.30. The summed E-state index contributed by atoms with van der Waals surface area (Å²) in [4.78, 5) is 0. The molecule has 0 N–H and O–H groups in total. The highest BCUT2D eigenvalue weighted by Crippen LogP contribution is 2.16. The summed E-state index contributed by atoms with van der Waals surface area (Å²) >= 11 is 0. The van der Waals surface area contributed by atoms with E-state index in [1.807, 2.05) is 0 Å². The van der Waals surface area contributed by atoms with E-state index in [4.69, 9.17) is 0 Å². The Balaban J connectivity index is 0.980. The molecule has 0 spiro atoms. The predicted molar refractivity (Wildman–Crippen MR) is 145 cm³/mol. The molecule has 0 saturated heterocycles. The molecule has 6 aromatic rings. The lowest BCUT2D eigenvalue weighted by molar-refractivity contribution is -0.688. The average Bonchev–Trinajstić information content (AvgIpc) is 3.55. The molecule has 36 heavy (non-hydrogen) atoms. The number of hydrogen-bond donors (Lipinski definition) is 0. The summed E-state index contributed by atoms with van der Waals surface area (Å²) in [6.45, 7) is 3.89.